The van der Waals surface area contributed by atoms with Crippen LogP contribution in [0.5, 0.6) is 0 Å². The number of benzene rings is 1. The summed E-state index contributed by atoms with van der Waals surface area (Å²) in [5.41, 5.74) is 0.209. The lowest BCUT2D eigenvalue weighted by molar-refractivity contribution is -0.142. The van der Waals surface area contributed by atoms with Gasteiger partial charge in [-0.05, 0) is 38.5 Å². The first-order valence-electron chi connectivity index (χ1n) is 6.80. The first-order chi connectivity index (χ1) is 10.2. The number of ether oxygens (including phenoxy) is 1. The summed E-state index contributed by atoms with van der Waals surface area (Å²) in [6, 6.07) is 6.62. The molecule has 0 saturated carbocycles. The van der Waals surface area contributed by atoms with Crippen LogP contribution in [-0.2, 0) is 9.53 Å². The van der Waals surface area contributed by atoms with Gasteiger partial charge in [0.05, 0.1) is 0 Å². The van der Waals surface area contributed by atoms with E-state index in [9.17, 15) is 14.7 Å². The molecule has 0 aromatic heterocycles. The third-order valence-corrected chi connectivity index (χ3v) is 4.90. The Morgan fingerprint density at radius 3 is 2.41 bits per heavy atom. The van der Waals surface area contributed by atoms with Crippen LogP contribution < -0.4 is 0 Å². The van der Waals surface area contributed by atoms with Crippen molar-refractivity contribution in [2.45, 2.75) is 37.8 Å². The molecule has 22 heavy (non-hydrogen) atoms. The van der Waals surface area contributed by atoms with Crippen molar-refractivity contribution < 1.29 is 19.4 Å². The van der Waals surface area contributed by atoms with E-state index in [1.807, 2.05) is 24.3 Å². The Hall–Kier alpha value is -1.21. The maximum Gasteiger partial charge on any atom is 0.412 e. The highest BCUT2D eigenvalue weighted by molar-refractivity contribution is 9.10. The Bertz CT molecular complexity index is 570. The number of hydrogen-bond acceptors (Lipinski definition) is 4. The number of rotatable bonds is 2. The highest BCUT2D eigenvalue weighted by Gasteiger charge is 2.44. The van der Waals surface area contributed by atoms with Crippen LogP contribution in [0.4, 0.5) is 4.79 Å². The largest absolute Gasteiger partial charge is 0.480 e. The van der Waals surface area contributed by atoms with Gasteiger partial charge >= 0.3 is 12.1 Å². The zero-order chi connectivity index (χ0) is 16.5. The van der Waals surface area contributed by atoms with E-state index < -0.39 is 23.7 Å². The van der Waals surface area contributed by atoms with E-state index in [-0.39, 0.29) is 5.37 Å². The standard InChI is InChI=1S/C15H18BrNO4S/c1-15(2,3)21-14(20)17-11(13(18)19)8-22-12(17)9-4-6-10(16)7-5-9/h4-7,11-12H,8H2,1-3H3,(H,18,19)/t11-,12+/m0/s1. The Balaban J connectivity index is 2.30. The van der Waals surface area contributed by atoms with Gasteiger partial charge in [0.2, 0.25) is 0 Å². The number of carboxylic acid groups (broad SMARTS) is 1. The number of carbonyl (C=O) groups is 2. The molecule has 1 amide bonds. The number of carbonyl (C=O) groups excluding carboxylic acids is 1. The molecule has 1 saturated heterocycles. The van der Waals surface area contributed by atoms with E-state index in [1.54, 1.807) is 20.8 Å². The molecule has 5 nitrogen and oxygen atoms in total. The van der Waals surface area contributed by atoms with E-state index in [1.165, 1.54) is 16.7 Å². The van der Waals surface area contributed by atoms with Gasteiger partial charge in [-0.2, -0.15) is 0 Å². The number of aliphatic carboxylic acids is 1. The maximum atomic E-state index is 12.4. The second-order valence-electron chi connectivity index (χ2n) is 5.98. The maximum absolute atomic E-state index is 12.4. The Labute approximate surface area is 142 Å². The summed E-state index contributed by atoms with van der Waals surface area (Å²) in [6.07, 6.45) is -0.599. The molecule has 0 spiro atoms. The van der Waals surface area contributed by atoms with Gasteiger partial charge in [-0.25, -0.2) is 9.59 Å². The predicted molar refractivity (Wildman–Crippen MR) is 88.8 cm³/mol. The number of halogens is 1. The van der Waals surface area contributed by atoms with Gasteiger partial charge in [0.1, 0.15) is 17.0 Å². The van der Waals surface area contributed by atoms with Crippen LogP contribution in [-0.4, -0.2) is 39.5 Å². The number of carboxylic acids is 1. The van der Waals surface area contributed by atoms with Crippen molar-refractivity contribution >= 4 is 39.8 Å². The zero-order valence-corrected chi connectivity index (χ0v) is 15.0. The van der Waals surface area contributed by atoms with Crippen LogP contribution in [0.2, 0.25) is 0 Å². The second-order valence-corrected chi connectivity index (χ2v) is 8.01. The predicted octanol–water partition coefficient (Wildman–Crippen LogP) is 3.88. The molecule has 1 aromatic carbocycles. The van der Waals surface area contributed by atoms with Crippen LogP contribution in [0.3, 0.4) is 0 Å². The summed E-state index contributed by atoms with van der Waals surface area (Å²) >= 11 is 4.80. The quantitative estimate of drug-likeness (QED) is 0.833. The minimum absolute atomic E-state index is 0.343. The van der Waals surface area contributed by atoms with Crippen molar-refractivity contribution in [2.24, 2.45) is 0 Å². The highest BCUT2D eigenvalue weighted by atomic mass is 79.9. The average Bonchev–Trinajstić information content (AvgIpc) is 2.82. The summed E-state index contributed by atoms with van der Waals surface area (Å²) in [4.78, 5) is 25.2. The lowest BCUT2D eigenvalue weighted by atomic mass is 10.2. The normalized spacial score (nSPS) is 21.7. The third kappa shape index (κ3) is 3.95. The van der Waals surface area contributed by atoms with Gasteiger partial charge in [-0.1, -0.05) is 28.1 Å². The van der Waals surface area contributed by atoms with Gasteiger partial charge in [-0.3, -0.25) is 4.90 Å². The zero-order valence-electron chi connectivity index (χ0n) is 12.6. The molecular weight excluding hydrogens is 370 g/mol. The Morgan fingerprint density at radius 2 is 1.91 bits per heavy atom. The first kappa shape index (κ1) is 17.1. The number of thioether (sulfide) groups is 1. The minimum atomic E-state index is -1.02. The van der Waals surface area contributed by atoms with Crippen molar-refractivity contribution in [1.82, 2.24) is 4.90 Å². The van der Waals surface area contributed by atoms with E-state index in [0.717, 1.165) is 10.0 Å². The van der Waals surface area contributed by atoms with Crippen LogP contribution in [0.25, 0.3) is 0 Å². The van der Waals surface area contributed by atoms with Crippen molar-refractivity contribution in [2.75, 3.05) is 5.75 Å². The average molecular weight is 388 g/mol. The van der Waals surface area contributed by atoms with Gasteiger partial charge in [0, 0.05) is 10.2 Å². The lowest BCUT2D eigenvalue weighted by Gasteiger charge is -2.30. The number of hydrogen-bond donors (Lipinski definition) is 1. The fourth-order valence-electron chi connectivity index (χ4n) is 2.12. The van der Waals surface area contributed by atoms with Crippen molar-refractivity contribution in [1.29, 1.82) is 0 Å². The molecule has 2 atom stereocenters. The van der Waals surface area contributed by atoms with Crippen LogP contribution >= 0.6 is 27.7 Å². The van der Waals surface area contributed by atoms with Gasteiger partial charge in [0.25, 0.3) is 0 Å². The molecule has 0 aliphatic carbocycles. The monoisotopic (exact) mass is 387 g/mol. The van der Waals surface area contributed by atoms with Crippen molar-refractivity contribution in [3.8, 4) is 0 Å². The Kier molecular flexibility index (Phi) is 5.07. The molecule has 0 bridgehead atoms. The van der Waals surface area contributed by atoms with Gasteiger partial charge in [-0.15, -0.1) is 11.8 Å². The SMILES string of the molecule is CC(C)(C)OC(=O)N1[C@@H](c2ccc(Br)cc2)SC[C@H]1C(=O)O. The molecule has 1 aromatic rings. The summed E-state index contributed by atoms with van der Waals surface area (Å²) in [7, 11) is 0. The molecule has 0 radical (unpaired) electrons. The lowest BCUT2D eigenvalue weighted by Crippen LogP contribution is -2.45. The fraction of sp³-hybridized carbons (Fsp3) is 0.467. The molecule has 1 fully saturated rings. The molecule has 2 rings (SSSR count). The summed E-state index contributed by atoms with van der Waals surface area (Å²) in [5.74, 6) is -0.673. The molecule has 0 unspecified atom stereocenters. The third-order valence-electron chi connectivity index (χ3n) is 3.04. The summed E-state index contributed by atoms with van der Waals surface area (Å²) in [5, 5.41) is 9.01. The number of amides is 1. The van der Waals surface area contributed by atoms with E-state index in [4.69, 9.17) is 4.74 Å². The molecule has 1 heterocycles. The molecule has 7 heteroatoms. The Morgan fingerprint density at radius 1 is 1.32 bits per heavy atom. The summed E-state index contributed by atoms with van der Waals surface area (Å²) in [6.45, 7) is 5.29. The second kappa shape index (κ2) is 6.50. The summed E-state index contributed by atoms with van der Waals surface area (Å²) < 4.78 is 6.31. The molecular formula is C15H18BrNO4S. The molecule has 1 aliphatic heterocycles. The number of nitrogens with zero attached hydrogens (tertiary/aromatic N) is 1. The fourth-order valence-corrected chi connectivity index (χ4v) is 3.79. The topological polar surface area (TPSA) is 66.8 Å². The van der Waals surface area contributed by atoms with Crippen LogP contribution in [0.1, 0.15) is 31.7 Å². The smallest absolute Gasteiger partial charge is 0.412 e. The van der Waals surface area contributed by atoms with Crippen LogP contribution in [0.15, 0.2) is 28.7 Å². The highest BCUT2D eigenvalue weighted by Crippen LogP contribution is 2.42. The van der Waals surface area contributed by atoms with E-state index in [0.29, 0.717) is 5.75 Å². The van der Waals surface area contributed by atoms with E-state index in [2.05, 4.69) is 15.9 Å². The first-order valence-corrected chi connectivity index (χ1v) is 8.64. The molecule has 120 valence electrons. The van der Waals surface area contributed by atoms with Crippen LogP contribution in [0, 0.1) is 0 Å². The minimum Gasteiger partial charge on any atom is -0.480 e. The molecule has 1 aliphatic rings. The molecule has 1 N–H and O–H groups in total. The van der Waals surface area contributed by atoms with Gasteiger partial charge in [0.15, 0.2) is 0 Å². The van der Waals surface area contributed by atoms with Crippen molar-refractivity contribution in [3.05, 3.63) is 34.3 Å². The van der Waals surface area contributed by atoms with Crippen molar-refractivity contribution in [3.63, 3.8) is 0 Å². The van der Waals surface area contributed by atoms with E-state index >= 15 is 0 Å². The van der Waals surface area contributed by atoms with Gasteiger partial charge < -0.3 is 9.84 Å².